The molecular formula is C21H24N2O6. The highest BCUT2D eigenvalue weighted by atomic mass is 16.6. The fraction of sp³-hybridized carbons (Fsp3) is 0.286. The van der Waals surface area contributed by atoms with Gasteiger partial charge in [0.1, 0.15) is 12.2 Å². The topological polar surface area (TPSA) is 114 Å². The predicted octanol–water partition coefficient (Wildman–Crippen LogP) is 4.09. The van der Waals surface area contributed by atoms with Gasteiger partial charge in [-0.15, -0.1) is 0 Å². The fourth-order valence-electron chi connectivity index (χ4n) is 2.35. The van der Waals surface area contributed by atoms with Gasteiger partial charge in [-0.1, -0.05) is 42.5 Å². The van der Waals surface area contributed by atoms with Gasteiger partial charge in [0.25, 0.3) is 0 Å². The Morgan fingerprint density at radius 2 is 1.59 bits per heavy atom. The van der Waals surface area contributed by atoms with Crippen LogP contribution in [0.15, 0.2) is 54.6 Å². The van der Waals surface area contributed by atoms with Gasteiger partial charge in [-0.25, -0.2) is 14.4 Å². The van der Waals surface area contributed by atoms with Crippen molar-refractivity contribution in [2.45, 2.75) is 39.0 Å². The number of carboxylic acids is 1. The molecule has 0 spiro atoms. The van der Waals surface area contributed by atoms with Crippen LogP contribution in [0.2, 0.25) is 0 Å². The van der Waals surface area contributed by atoms with Crippen LogP contribution in [0, 0.1) is 0 Å². The number of hydrogen-bond acceptors (Lipinski definition) is 5. The van der Waals surface area contributed by atoms with Crippen LogP contribution >= 0.6 is 0 Å². The van der Waals surface area contributed by atoms with Gasteiger partial charge in [-0.05, 0) is 44.0 Å². The summed E-state index contributed by atoms with van der Waals surface area (Å²) in [5, 5.41) is 14.3. The lowest BCUT2D eigenvalue weighted by Crippen LogP contribution is -2.38. The van der Waals surface area contributed by atoms with Gasteiger partial charge in [-0.3, -0.25) is 5.32 Å². The predicted molar refractivity (Wildman–Crippen MR) is 106 cm³/mol. The first-order valence-electron chi connectivity index (χ1n) is 8.94. The number of carbonyl (C=O) groups is 3. The highest BCUT2D eigenvalue weighted by Gasteiger charge is 2.25. The van der Waals surface area contributed by atoms with E-state index < -0.39 is 29.8 Å². The van der Waals surface area contributed by atoms with E-state index in [1.54, 1.807) is 20.8 Å². The van der Waals surface area contributed by atoms with Crippen LogP contribution in [0.5, 0.6) is 0 Å². The van der Waals surface area contributed by atoms with Crippen molar-refractivity contribution in [3.05, 3.63) is 65.7 Å². The number of ether oxygens (including phenoxy) is 2. The molecule has 0 aliphatic carbocycles. The standard InChI is InChI=1S/C21H24N2O6/c1-21(2,3)29-20(27)23-17(18(24)25)15-9-11-16(12-10-15)22-19(26)28-13-14-7-5-4-6-8-14/h4-12,17H,13H2,1-3H3,(H,22,26)(H,23,27)(H,24,25)/t17-/m0/s1. The van der Waals surface area contributed by atoms with Crippen LogP contribution in [0.3, 0.4) is 0 Å². The molecule has 0 saturated carbocycles. The van der Waals surface area contributed by atoms with E-state index in [1.807, 2.05) is 30.3 Å². The van der Waals surface area contributed by atoms with Crippen molar-refractivity contribution >= 4 is 23.8 Å². The number of rotatable bonds is 6. The van der Waals surface area contributed by atoms with E-state index >= 15 is 0 Å². The SMILES string of the molecule is CC(C)(C)OC(=O)N[C@H](C(=O)O)c1ccc(NC(=O)OCc2ccccc2)cc1. The minimum absolute atomic E-state index is 0.131. The minimum atomic E-state index is -1.29. The molecule has 0 bridgehead atoms. The second-order valence-corrected chi connectivity index (χ2v) is 7.23. The van der Waals surface area contributed by atoms with Crippen molar-refractivity contribution in [1.82, 2.24) is 5.32 Å². The molecule has 0 aromatic heterocycles. The van der Waals surface area contributed by atoms with Gasteiger partial charge < -0.3 is 19.9 Å². The molecule has 2 rings (SSSR count). The average Bonchev–Trinajstić information content (AvgIpc) is 2.64. The molecule has 29 heavy (non-hydrogen) atoms. The molecule has 154 valence electrons. The normalized spacial score (nSPS) is 11.8. The largest absolute Gasteiger partial charge is 0.479 e. The summed E-state index contributed by atoms with van der Waals surface area (Å²) in [6.07, 6.45) is -1.47. The quantitative estimate of drug-likeness (QED) is 0.673. The molecule has 3 N–H and O–H groups in total. The molecule has 1 atom stereocenters. The van der Waals surface area contributed by atoms with Crippen molar-refractivity contribution in [1.29, 1.82) is 0 Å². The maximum absolute atomic E-state index is 11.9. The molecule has 8 nitrogen and oxygen atoms in total. The van der Waals surface area contributed by atoms with E-state index in [9.17, 15) is 19.5 Å². The van der Waals surface area contributed by atoms with Gasteiger partial charge in [0.2, 0.25) is 0 Å². The van der Waals surface area contributed by atoms with Crippen LogP contribution in [0.4, 0.5) is 15.3 Å². The van der Waals surface area contributed by atoms with Gasteiger partial charge in [0.15, 0.2) is 6.04 Å². The Balaban J connectivity index is 1.95. The zero-order chi connectivity index (χ0) is 21.4. The summed E-state index contributed by atoms with van der Waals surface area (Å²) in [5.41, 5.74) is 0.858. The number of alkyl carbamates (subject to hydrolysis) is 1. The molecule has 0 radical (unpaired) electrons. The molecule has 0 aliphatic heterocycles. The maximum Gasteiger partial charge on any atom is 0.411 e. The Kier molecular flexibility index (Phi) is 7.19. The minimum Gasteiger partial charge on any atom is -0.479 e. The lowest BCUT2D eigenvalue weighted by molar-refractivity contribution is -0.139. The van der Waals surface area contributed by atoms with E-state index in [0.717, 1.165) is 5.56 Å². The molecule has 2 aromatic carbocycles. The third-order valence-corrected chi connectivity index (χ3v) is 3.61. The Bertz CT molecular complexity index is 844. The first-order valence-corrected chi connectivity index (χ1v) is 8.94. The number of benzene rings is 2. The van der Waals surface area contributed by atoms with E-state index in [-0.39, 0.29) is 6.61 Å². The number of carboxylic acid groups (broad SMARTS) is 1. The van der Waals surface area contributed by atoms with Crippen LogP contribution in [0.1, 0.15) is 37.9 Å². The third kappa shape index (κ3) is 7.53. The van der Waals surface area contributed by atoms with Crippen LogP contribution in [0.25, 0.3) is 0 Å². The molecule has 0 heterocycles. The van der Waals surface area contributed by atoms with E-state index in [2.05, 4.69) is 10.6 Å². The van der Waals surface area contributed by atoms with E-state index in [4.69, 9.17) is 9.47 Å². The number of nitrogens with one attached hydrogen (secondary N) is 2. The first-order chi connectivity index (χ1) is 13.6. The summed E-state index contributed by atoms with van der Waals surface area (Å²) in [7, 11) is 0. The Hall–Kier alpha value is -3.55. The number of anilines is 1. The number of carbonyl (C=O) groups excluding carboxylic acids is 2. The van der Waals surface area contributed by atoms with Crippen molar-refractivity contribution in [2.24, 2.45) is 0 Å². The zero-order valence-corrected chi connectivity index (χ0v) is 16.5. The summed E-state index contributed by atoms with van der Waals surface area (Å²) in [6, 6.07) is 14.0. The second-order valence-electron chi connectivity index (χ2n) is 7.23. The molecule has 0 aliphatic rings. The summed E-state index contributed by atoms with van der Waals surface area (Å²) in [4.78, 5) is 35.3. The van der Waals surface area contributed by atoms with Gasteiger partial charge in [0.05, 0.1) is 0 Å². The maximum atomic E-state index is 11.9. The molecule has 2 aromatic rings. The summed E-state index contributed by atoms with van der Waals surface area (Å²) in [5.74, 6) is -1.24. The van der Waals surface area contributed by atoms with Crippen molar-refractivity contribution in [2.75, 3.05) is 5.32 Å². The molecule has 0 saturated heterocycles. The Labute approximate surface area is 168 Å². The van der Waals surface area contributed by atoms with Gasteiger partial charge in [-0.2, -0.15) is 0 Å². The zero-order valence-electron chi connectivity index (χ0n) is 16.5. The highest BCUT2D eigenvalue weighted by molar-refractivity contribution is 5.85. The van der Waals surface area contributed by atoms with E-state index in [0.29, 0.717) is 11.3 Å². The molecule has 8 heteroatoms. The summed E-state index contributed by atoms with van der Waals surface area (Å²) >= 11 is 0. The van der Waals surface area contributed by atoms with Crippen molar-refractivity contribution < 1.29 is 29.0 Å². The molecule has 0 fully saturated rings. The van der Waals surface area contributed by atoms with Crippen molar-refractivity contribution in [3.8, 4) is 0 Å². The Morgan fingerprint density at radius 3 is 2.14 bits per heavy atom. The molecule has 2 amide bonds. The first kappa shape index (κ1) is 21.7. The smallest absolute Gasteiger partial charge is 0.411 e. The number of amides is 2. The third-order valence-electron chi connectivity index (χ3n) is 3.61. The lowest BCUT2D eigenvalue weighted by Gasteiger charge is -2.22. The van der Waals surface area contributed by atoms with Crippen molar-refractivity contribution in [3.63, 3.8) is 0 Å². The van der Waals surface area contributed by atoms with Crippen LogP contribution in [-0.2, 0) is 20.9 Å². The van der Waals surface area contributed by atoms with Gasteiger partial charge >= 0.3 is 18.2 Å². The number of aliphatic carboxylic acids is 1. The Morgan fingerprint density at radius 1 is 0.966 bits per heavy atom. The molecule has 0 unspecified atom stereocenters. The van der Waals surface area contributed by atoms with E-state index in [1.165, 1.54) is 24.3 Å². The summed E-state index contributed by atoms with van der Waals surface area (Å²) < 4.78 is 10.2. The van der Waals surface area contributed by atoms with Gasteiger partial charge in [0, 0.05) is 5.69 Å². The second kappa shape index (κ2) is 9.59. The average molecular weight is 400 g/mol. The fourth-order valence-corrected chi connectivity index (χ4v) is 2.35. The highest BCUT2D eigenvalue weighted by Crippen LogP contribution is 2.18. The summed E-state index contributed by atoms with van der Waals surface area (Å²) in [6.45, 7) is 5.17. The van der Waals surface area contributed by atoms with Crippen LogP contribution < -0.4 is 10.6 Å². The monoisotopic (exact) mass is 400 g/mol. The number of hydrogen-bond donors (Lipinski definition) is 3. The molecular weight excluding hydrogens is 376 g/mol. The lowest BCUT2D eigenvalue weighted by atomic mass is 10.1. The van der Waals surface area contributed by atoms with Crippen LogP contribution in [-0.4, -0.2) is 28.9 Å².